The highest BCUT2D eigenvalue weighted by Gasteiger charge is 2.18. The lowest BCUT2D eigenvalue weighted by molar-refractivity contribution is -0.139. The third kappa shape index (κ3) is 5.54. The van der Waals surface area contributed by atoms with Gasteiger partial charge >= 0.3 is 5.97 Å². The molecule has 1 heterocycles. The van der Waals surface area contributed by atoms with Gasteiger partial charge in [0, 0.05) is 22.9 Å². The van der Waals surface area contributed by atoms with E-state index in [1.54, 1.807) is 18.2 Å². The number of rotatable bonds is 8. The Morgan fingerprint density at radius 2 is 1.77 bits per heavy atom. The van der Waals surface area contributed by atoms with E-state index in [1.165, 1.54) is 18.2 Å². The van der Waals surface area contributed by atoms with Crippen LogP contribution in [0.3, 0.4) is 0 Å². The van der Waals surface area contributed by atoms with Crippen LogP contribution in [0.1, 0.15) is 43.9 Å². The number of aromatic nitrogens is 1. The van der Waals surface area contributed by atoms with Gasteiger partial charge in [0.05, 0.1) is 29.8 Å². The van der Waals surface area contributed by atoms with Crippen LogP contribution < -0.4 is 0 Å². The predicted molar refractivity (Wildman–Crippen MR) is 119 cm³/mol. The number of halogens is 1. The van der Waals surface area contributed by atoms with Crippen molar-refractivity contribution in [3.05, 3.63) is 71.7 Å². The summed E-state index contributed by atoms with van der Waals surface area (Å²) in [5, 5.41) is 29.8. The lowest BCUT2D eigenvalue weighted by atomic mass is 9.90. The van der Waals surface area contributed by atoms with Crippen molar-refractivity contribution in [1.29, 1.82) is 0 Å². The first kappa shape index (κ1) is 22.6. The Balaban J connectivity index is 2.12. The molecule has 6 heteroatoms. The zero-order valence-electron chi connectivity index (χ0n) is 17.5. The minimum absolute atomic E-state index is 0.0817. The lowest BCUT2D eigenvalue weighted by Crippen LogP contribution is -2.19. The second-order valence-corrected chi connectivity index (χ2v) is 7.88. The van der Waals surface area contributed by atoms with Gasteiger partial charge in [-0.15, -0.1) is 0 Å². The largest absolute Gasteiger partial charge is 0.481 e. The zero-order valence-corrected chi connectivity index (χ0v) is 17.5. The average molecular weight is 423 g/mol. The zero-order chi connectivity index (χ0) is 22.5. The molecule has 0 saturated carbocycles. The molecule has 2 atom stereocenters. The van der Waals surface area contributed by atoms with Gasteiger partial charge < -0.3 is 15.3 Å². The van der Waals surface area contributed by atoms with E-state index in [0.29, 0.717) is 0 Å². The fourth-order valence-corrected chi connectivity index (χ4v) is 3.63. The van der Waals surface area contributed by atoms with Gasteiger partial charge in [-0.1, -0.05) is 56.3 Å². The fourth-order valence-electron chi connectivity index (χ4n) is 3.63. The molecule has 0 aliphatic carbocycles. The summed E-state index contributed by atoms with van der Waals surface area (Å²) in [6, 6.07) is 14.0. The minimum atomic E-state index is -1.15. The molecule has 0 amide bonds. The van der Waals surface area contributed by atoms with E-state index in [4.69, 9.17) is 10.1 Å². The standard InChI is InChI=1S/C25H26FNO4/c1-15(2)25-21(12-11-18(28)13-19(29)14-23(30)31)24(16-7-9-17(26)10-8-16)20-5-3-4-6-22(20)27-25/h3-12,15,18-19,28-29H,13-14H2,1-2H3,(H,30,31)/b12-11+/t18-,19-/m1/s1. The second kappa shape index (κ2) is 9.81. The molecule has 0 fully saturated rings. The van der Waals surface area contributed by atoms with E-state index < -0.39 is 24.6 Å². The Labute approximate surface area is 180 Å². The summed E-state index contributed by atoms with van der Waals surface area (Å²) in [5.74, 6) is -1.37. The van der Waals surface area contributed by atoms with Crippen molar-refractivity contribution in [3.8, 4) is 11.1 Å². The maximum absolute atomic E-state index is 13.6. The second-order valence-electron chi connectivity index (χ2n) is 7.88. The molecule has 3 aromatic rings. The molecule has 3 rings (SSSR count). The van der Waals surface area contributed by atoms with Crippen LogP contribution >= 0.6 is 0 Å². The lowest BCUT2D eigenvalue weighted by Gasteiger charge is -2.18. The van der Waals surface area contributed by atoms with Gasteiger partial charge in [-0.3, -0.25) is 9.78 Å². The first-order valence-corrected chi connectivity index (χ1v) is 10.2. The number of hydrogen-bond donors (Lipinski definition) is 3. The smallest absolute Gasteiger partial charge is 0.305 e. The van der Waals surface area contributed by atoms with Crippen molar-refractivity contribution in [2.45, 2.75) is 44.8 Å². The number of nitrogens with zero attached hydrogens (tertiary/aromatic N) is 1. The number of aliphatic hydroxyl groups excluding tert-OH is 2. The Morgan fingerprint density at radius 3 is 2.42 bits per heavy atom. The molecule has 1 aromatic heterocycles. The van der Waals surface area contributed by atoms with Crippen LogP contribution in [0, 0.1) is 5.82 Å². The van der Waals surface area contributed by atoms with E-state index in [0.717, 1.165) is 33.3 Å². The van der Waals surface area contributed by atoms with Gasteiger partial charge in [-0.25, -0.2) is 4.39 Å². The highest BCUT2D eigenvalue weighted by atomic mass is 19.1. The summed E-state index contributed by atoms with van der Waals surface area (Å²) >= 11 is 0. The van der Waals surface area contributed by atoms with Crippen LogP contribution in [-0.2, 0) is 4.79 Å². The number of carbonyl (C=O) groups is 1. The molecule has 3 N–H and O–H groups in total. The molecule has 0 bridgehead atoms. The number of benzene rings is 2. The topological polar surface area (TPSA) is 90.7 Å². The molecule has 0 unspecified atom stereocenters. The molecular weight excluding hydrogens is 397 g/mol. The highest BCUT2D eigenvalue weighted by molar-refractivity contribution is 5.99. The van der Waals surface area contributed by atoms with Crippen LogP contribution in [0.5, 0.6) is 0 Å². The third-order valence-electron chi connectivity index (χ3n) is 5.05. The SMILES string of the molecule is CC(C)c1nc2ccccc2c(-c2ccc(F)cc2)c1/C=C/[C@@H](O)C[C@@H](O)CC(=O)O. The molecule has 2 aromatic carbocycles. The summed E-state index contributed by atoms with van der Waals surface area (Å²) in [6.45, 7) is 4.05. The minimum Gasteiger partial charge on any atom is -0.481 e. The number of carboxylic acid groups (broad SMARTS) is 1. The van der Waals surface area contributed by atoms with Crippen molar-refractivity contribution in [2.24, 2.45) is 0 Å². The molecule has 0 saturated heterocycles. The van der Waals surface area contributed by atoms with Crippen molar-refractivity contribution in [3.63, 3.8) is 0 Å². The van der Waals surface area contributed by atoms with Crippen LogP contribution in [0.15, 0.2) is 54.6 Å². The summed E-state index contributed by atoms with van der Waals surface area (Å²) in [6.07, 6.45) is 0.601. The van der Waals surface area contributed by atoms with Crippen LogP contribution in [0.2, 0.25) is 0 Å². The summed E-state index contributed by atoms with van der Waals surface area (Å²) in [7, 11) is 0. The molecule has 0 spiro atoms. The Morgan fingerprint density at radius 1 is 1.10 bits per heavy atom. The van der Waals surface area contributed by atoms with Crippen molar-refractivity contribution < 1.29 is 24.5 Å². The fraction of sp³-hybridized carbons (Fsp3) is 0.280. The number of fused-ring (bicyclic) bond motifs is 1. The molecule has 0 aliphatic heterocycles. The summed E-state index contributed by atoms with van der Waals surface area (Å²) in [4.78, 5) is 15.6. The molecule has 0 aliphatic rings. The Hall–Kier alpha value is -3.09. The van der Waals surface area contributed by atoms with Gasteiger partial charge in [-0.05, 0) is 29.7 Å². The molecule has 5 nitrogen and oxygen atoms in total. The summed E-state index contributed by atoms with van der Waals surface area (Å²) < 4.78 is 13.6. The van der Waals surface area contributed by atoms with Crippen LogP contribution in [-0.4, -0.2) is 38.5 Å². The third-order valence-corrected chi connectivity index (χ3v) is 5.05. The first-order valence-electron chi connectivity index (χ1n) is 10.2. The maximum Gasteiger partial charge on any atom is 0.305 e. The van der Waals surface area contributed by atoms with Crippen LogP contribution in [0.25, 0.3) is 28.1 Å². The van der Waals surface area contributed by atoms with Gasteiger partial charge in [0.2, 0.25) is 0 Å². The number of carboxylic acids is 1. The van der Waals surface area contributed by atoms with Crippen LogP contribution in [0.4, 0.5) is 4.39 Å². The van der Waals surface area contributed by atoms with Crippen molar-refractivity contribution >= 4 is 22.9 Å². The van der Waals surface area contributed by atoms with Crippen molar-refractivity contribution in [2.75, 3.05) is 0 Å². The number of pyridine rings is 1. The maximum atomic E-state index is 13.6. The van der Waals surface area contributed by atoms with Gasteiger partial charge in [0.25, 0.3) is 0 Å². The molecular formula is C25H26FNO4. The number of aliphatic carboxylic acids is 1. The molecule has 162 valence electrons. The quantitative estimate of drug-likeness (QED) is 0.486. The van der Waals surface area contributed by atoms with Gasteiger partial charge in [0.1, 0.15) is 5.82 Å². The van der Waals surface area contributed by atoms with E-state index >= 15 is 0 Å². The van der Waals surface area contributed by atoms with E-state index in [-0.39, 0.29) is 18.2 Å². The first-order chi connectivity index (χ1) is 14.8. The molecule has 31 heavy (non-hydrogen) atoms. The normalized spacial score (nSPS) is 13.7. The van der Waals surface area contributed by atoms with Crippen molar-refractivity contribution in [1.82, 2.24) is 4.98 Å². The monoisotopic (exact) mass is 423 g/mol. The molecule has 0 radical (unpaired) electrons. The number of aliphatic hydroxyl groups is 2. The highest BCUT2D eigenvalue weighted by Crippen LogP contribution is 2.36. The number of hydrogen-bond acceptors (Lipinski definition) is 4. The van der Waals surface area contributed by atoms with E-state index in [2.05, 4.69) is 0 Å². The van der Waals surface area contributed by atoms with Gasteiger partial charge in [-0.2, -0.15) is 0 Å². The summed E-state index contributed by atoms with van der Waals surface area (Å²) in [5.41, 5.74) is 4.14. The Kier molecular flexibility index (Phi) is 7.15. The average Bonchev–Trinajstić information content (AvgIpc) is 2.71. The van der Waals surface area contributed by atoms with E-state index in [1.807, 2.05) is 38.1 Å². The van der Waals surface area contributed by atoms with Gasteiger partial charge in [0.15, 0.2) is 0 Å². The van der Waals surface area contributed by atoms with E-state index in [9.17, 15) is 19.4 Å². The predicted octanol–water partition coefficient (Wildman–Crippen LogP) is 4.76. The Bertz CT molecular complexity index is 1090. The number of para-hydroxylation sites is 1.